The monoisotopic (exact) mass is 405 g/mol. The van der Waals surface area contributed by atoms with E-state index >= 15 is 0 Å². The molecule has 1 N–H and O–H groups in total. The van der Waals surface area contributed by atoms with Crippen molar-refractivity contribution in [2.75, 3.05) is 4.90 Å². The first kappa shape index (κ1) is 18.5. The number of rotatable bonds is 4. The summed E-state index contributed by atoms with van der Waals surface area (Å²) >= 11 is 1.65. The number of carbonyl (C=O) groups is 2. The molecule has 0 unspecified atom stereocenters. The Morgan fingerprint density at radius 2 is 1.83 bits per heavy atom. The molecule has 1 aliphatic heterocycles. The second kappa shape index (κ2) is 7.35. The number of anilines is 1. The first-order valence-corrected chi connectivity index (χ1v) is 11.0. The van der Waals surface area contributed by atoms with Gasteiger partial charge in [0.05, 0.1) is 28.4 Å². The van der Waals surface area contributed by atoms with Crippen LogP contribution in [-0.4, -0.2) is 28.9 Å². The average molecular weight is 406 g/mol. The predicted octanol–water partition coefficient (Wildman–Crippen LogP) is 4.44. The highest BCUT2D eigenvalue weighted by Crippen LogP contribution is 2.33. The van der Waals surface area contributed by atoms with Gasteiger partial charge < -0.3 is 5.32 Å². The number of thiazole rings is 1. The number of aryl methyl sites for hydroxylation is 1. The summed E-state index contributed by atoms with van der Waals surface area (Å²) in [5, 5.41) is 4.34. The fraction of sp³-hybridized carbons (Fsp3) is 0.348. The van der Waals surface area contributed by atoms with Crippen molar-refractivity contribution in [2.45, 2.75) is 51.1 Å². The predicted molar refractivity (Wildman–Crippen MR) is 116 cm³/mol. The Morgan fingerprint density at radius 3 is 2.59 bits per heavy atom. The molecule has 1 saturated carbocycles. The lowest BCUT2D eigenvalue weighted by Gasteiger charge is -2.18. The van der Waals surface area contributed by atoms with Crippen molar-refractivity contribution in [1.29, 1.82) is 0 Å². The van der Waals surface area contributed by atoms with Crippen LogP contribution in [0.4, 0.5) is 5.69 Å². The number of carbonyl (C=O) groups excluding carboxylic acids is 2. The zero-order valence-electron chi connectivity index (χ0n) is 16.4. The molecule has 1 aliphatic carbocycles. The van der Waals surface area contributed by atoms with Crippen molar-refractivity contribution in [2.24, 2.45) is 0 Å². The Hall–Kier alpha value is -2.57. The van der Waals surface area contributed by atoms with E-state index in [1.165, 1.54) is 23.3 Å². The van der Waals surface area contributed by atoms with Gasteiger partial charge in [-0.1, -0.05) is 18.9 Å². The van der Waals surface area contributed by atoms with Crippen LogP contribution in [0.25, 0.3) is 20.8 Å². The fourth-order valence-electron chi connectivity index (χ4n) is 4.32. The lowest BCUT2D eigenvalue weighted by molar-refractivity contribution is -0.121. The molecule has 6 heteroatoms. The fourth-order valence-corrected chi connectivity index (χ4v) is 5.39. The van der Waals surface area contributed by atoms with Gasteiger partial charge in [-0.3, -0.25) is 9.59 Å². The van der Waals surface area contributed by atoms with Crippen molar-refractivity contribution in [3.8, 4) is 10.6 Å². The maximum atomic E-state index is 12.8. The first-order chi connectivity index (χ1) is 14.1. The molecular weight excluding hydrogens is 382 g/mol. The van der Waals surface area contributed by atoms with Gasteiger partial charge in [-0.15, -0.1) is 11.3 Å². The van der Waals surface area contributed by atoms with Gasteiger partial charge in [-0.2, -0.15) is 0 Å². The first-order valence-electron chi connectivity index (χ1n) is 10.2. The van der Waals surface area contributed by atoms with Crippen LogP contribution >= 0.6 is 11.3 Å². The van der Waals surface area contributed by atoms with Crippen LogP contribution in [0.3, 0.4) is 0 Å². The van der Waals surface area contributed by atoms with Crippen molar-refractivity contribution < 1.29 is 9.59 Å². The summed E-state index contributed by atoms with van der Waals surface area (Å²) in [6.45, 7) is 2.08. The quantitative estimate of drug-likeness (QED) is 0.652. The molecule has 1 aromatic heterocycles. The highest BCUT2D eigenvalue weighted by Gasteiger charge is 2.40. The second-order valence-corrected chi connectivity index (χ2v) is 9.04. The van der Waals surface area contributed by atoms with Crippen molar-refractivity contribution in [3.05, 3.63) is 48.0 Å². The zero-order valence-corrected chi connectivity index (χ0v) is 17.2. The molecular formula is C23H23N3O2S. The highest BCUT2D eigenvalue weighted by molar-refractivity contribution is 7.21. The third-order valence-corrected chi connectivity index (χ3v) is 6.92. The van der Waals surface area contributed by atoms with Crippen LogP contribution in [0, 0.1) is 6.92 Å². The van der Waals surface area contributed by atoms with Crippen molar-refractivity contribution in [1.82, 2.24) is 10.3 Å². The van der Waals surface area contributed by atoms with E-state index in [9.17, 15) is 9.59 Å². The van der Waals surface area contributed by atoms with E-state index in [1.54, 1.807) is 11.3 Å². The number of imide groups is 1. The molecule has 0 spiro atoms. The van der Waals surface area contributed by atoms with Crippen molar-refractivity contribution >= 4 is 39.1 Å². The molecule has 148 valence electrons. The Morgan fingerprint density at radius 1 is 1.07 bits per heavy atom. The molecule has 29 heavy (non-hydrogen) atoms. The minimum absolute atomic E-state index is 0.131. The summed E-state index contributed by atoms with van der Waals surface area (Å²) in [5.41, 5.74) is 3.84. The van der Waals surface area contributed by atoms with Gasteiger partial charge in [0.25, 0.3) is 5.91 Å². The maximum absolute atomic E-state index is 12.8. The second-order valence-electron chi connectivity index (χ2n) is 8.01. The topological polar surface area (TPSA) is 62.3 Å². The lowest BCUT2D eigenvalue weighted by Crippen LogP contribution is -2.42. The van der Waals surface area contributed by atoms with Gasteiger partial charge in [-0.05, 0) is 61.7 Å². The standard InChI is InChI=1S/C23H23N3O2S/c1-14-6-11-18-20(12-14)29-22(25-18)15-7-9-17(10-8-15)26-21(27)13-19(23(26)28)24-16-4-2-3-5-16/h6-12,16,19,24H,2-5,13H2,1H3/t19-/m1/s1. The van der Waals surface area contributed by atoms with E-state index in [1.807, 2.05) is 30.3 Å². The number of hydrogen-bond donors (Lipinski definition) is 1. The highest BCUT2D eigenvalue weighted by atomic mass is 32.1. The van der Waals surface area contributed by atoms with Gasteiger partial charge in [-0.25, -0.2) is 9.88 Å². The van der Waals surface area contributed by atoms with Crippen LogP contribution in [0.2, 0.25) is 0 Å². The molecule has 2 aromatic carbocycles. The smallest absolute Gasteiger partial charge is 0.251 e. The van der Waals surface area contributed by atoms with Crippen LogP contribution in [0.15, 0.2) is 42.5 Å². The minimum Gasteiger partial charge on any atom is -0.303 e. The molecule has 0 radical (unpaired) electrons. The number of benzene rings is 2. The van der Waals surface area contributed by atoms with Crippen LogP contribution < -0.4 is 10.2 Å². The van der Waals surface area contributed by atoms with E-state index in [4.69, 9.17) is 4.98 Å². The Kier molecular flexibility index (Phi) is 4.68. The zero-order chi connectivity index (χ0) is 20.0. The van der Waals surface area contributed by atoms with Gasteiger partial charge >= 0.3 is 0 Å². The third kappa shape index (κ3) is 3.47. The minimum atomic E-state index is -0.391. The summed E-state index contributed by atoms with van der Waals surface area (Å²) in [7, 11) is 0. The number of hydrogen-bond acceptors (Lipinski definition) is 5. The van der Waals surface area contributed by atoms with E-state index in [-0.39, 0.29) is 18.2 Å². The summed E-state index contributed by atoms with van der Waals surface area (Å²) in [5.74, 6) is -0.265. The Labute approximate surface area is 173 Å². The molecule has 2 aliphatic rings. The Bertz CT molecular complexity index is 1080. The summed E-state index contributed by atoms with van der Waals surface area (Å²) in [6, 6.07) is 13.8. The van der Waals surface area contributed by atoms with E-state index in [0.29, 0.717) is 11.7 Å². The third-order valence-electron chi connectivity index (χ3n) is 5.86. The van der Waals surface area contributed by atoms with E-state index in [2.05, 4.69) is 24.4 Å². The molecule has 5 rings (SSSR count). The van der Waals surface area contributed by atoms with Crippen LogP contribution in [0.5, 0.6) is 0 Å². The van der Waals surface area contributed by atoms with Crippen LogP contribution in [-0.2, 0) is 9.59 Å². The molecule has 5 nitrogen and oxygen atoms in total. The van der Waals surface area contributed by atoms with Gasteiger partial charge in [0.15, 0.2) is 0 Å². The molecule has 1 saturated heterocycles. The summed E-state index contributed by atoms with van der Waals surface area (Å²) in [4.78, 5) is 31.4. The van der Waals surface area contributed by atoms with Crippen molar-refractivity contribution in [3.63, 3.8) is 0 Å². The average Bonchev–Trinajstić information content (AvgIpc) is 3.42. The molecule has 2 amide bonds. The number of aromatic nitrogens is 1. The number of amides is 2. The van der Waals surface area contributed by atoms with Crippen LogP contribution in [0.1, 0.15) is 37.7 Å². The Balaban J connectivity index is 1.36. The number of nitrogens with zero attached hydrogens (tertiary/aromatic N) is 2. The molecule has 2 heterocycles. The van der Waals surface area contributed by atoms with Gasteiger partial charge in [0.1, 0.15) is 5.01 Å². The molecule has 0 bridgehead atoms. The van der Waals surface area contributed by atoms with E-state index < -0.39 is 6.04 Å². The summed E-state index contributed by atoms with van der Waals surface area (Å²) < 4.78 is 1.16. The number of fused-ring (bicyclic) bond motifs is 1. The lowest BCUT2D eigenvalue weighted by atomic mass is 10.2. The maximum Gasteiger partial charge on any atom is 0.251 e. The normalized spacial score (nSPS) is 20.3. The molecule has 3 aromatic rings. The molecule has 2 fully saturated rings. The van der Waals surface area contributed by atoms with Gasteiger partial charge in [0.2, 0.25) is 5.91 Å². The number of nitrogens with one attached hydrogen (secondary N) is 1. The summed E-state index contributed by atoms with van der Waals surface area (Å²) in [6.07, 6.45) is 4.82. The van der Waals surface area contributed by atoms with Gasteiger partial charge in [0, 0.05) is 11.6 Å². The molecule has 1 atom stereocenters. The largest absolute Gasteiger partial charge is 0.303 e. The SMILES string of the molecule is Cc1ccc2nc(-c3ccc(N4C(=O)C[C@@H](NC5CCCC5)C4=O)cc3)sc2c1. The van der Waals surface area contributed by atoms with E-state index in [0.717, 1.165) is 33.6 Å².